The zero-order chi connectivity index (χ0) is 20.0. The zero-order valence-electron chi connectivity index (χ0n) is 18.7. The van der Waals surface area contributed by atoms with Crippen LogP contribution in [-0.2, 0) is 4.74 Å². The molecule has 0 rings (SSSR count). The molecule has 0 aromatic rings. The maximum atomic E-state index is 9.71. The van der Waals surface area contributed by atoms with E-state index in [0.717, 1.165) is 6.42 Å². The first-order valence-corrected chi connectivity index (χ1v) is 11.8. The molecule has 0 bridgehead atoms. The normalized spacial score (nSPS) is 12.9. The smallest absolute Gasteiger partial charge is 0.114 e. The number of aliphatic hydroxyl groups excluding tert-OH is 1. The van der Waals surface area contributed by atoms with Gasteiger partial charge in [-0.25, -0.2) is 0 Å². The third kappa shape index (κ3) is 23.4. The SMILES string of the molecule is CCCCCCCCCCCCCCCCC=COCC(O)CNC(C)C. The van der Waals surface area contributed by atoms with Crippen LogP contribution in [0.2, 0.25) is 0 Å². The van der Waals surface area contributed by atoms with Crippen LogP contribution in [0.3, 0.4) is 0 Å². The van der Waals surface area contributed by atoms with Gasteiger partial charge in [0.15, 0.2) is 0 Å². The first-order valence-electron chi connectivity index (χ1n) is 11.8. The van der Waals surface area contributed by atoms with Crippen LogP contribution in [-0.4, -0.2) is 30.4 Å². The molecule has 1 atom stereocenters. The third-order valence-corrected chi connectivity index (χ3v) is 4.97. The number of unbranched alkanes of at least 4 members (excludes halogenated alkanes) is 14. The van der Waals surface area contributed by atoms with Crippen LogP contribution >= 0.6 is 0 Å². The van der Waals surface area contributed by atoms with E-state index in [9.17, 15) is 5.11 Å². The summed E-state index contributed by atoms with van der Waals surface area (Å²) < 4.78 is 5.38. The highest BCUT2D eigenvalue weighted by Gasteiger charge is 2.03. The van der Waals surface area contributed by atoms with Crippen LogP contribution in [0.25, 0.3) is 0 Å². The Kier molecular flexibility index (Phi) is 21.3. The molecule has 0 radical (unpaired) electrons. The first kappa shape index (κ1) is 26.5. The average molecular weight is 384 g/mol. The summed E-state index contributed by atoms with van der Waals surface area (Å²) in [7, 11) is 0. The highest BCUT2D eigenvalue weighted by Crippen LogP contribution is 2.13. The standard InChI is InChI=1S/C24H49NO2/c1-4-5-6-7-8-9-10-11-12-13-14-15-16-17-18-19-20-27-22-24(26)21-25-23(2)3/h19-20,23-26H,4-18,21-22H2,1-3H3. The van der Waals surface area contributed by atoms with E-state index in [1.165, 1.54) is 89.9 Å². The van der Waals surface area contributed by atoms with Crippen molar-refractivity contribution >= 4 is 0 Å². The molecule has 3 nitrogen and oxygen atoms in total. The molecule has 0 fully saturated rings. The van der Waals surface area contributed by atoms with Crippen molar-refractivity contribution in [2.24, 2.45) is 0 Å². The topological polar surface area (TPSA) is 41.5 Å². The van der Waals surface area contributed by atoms with Gasteiger partial charge in [-0.15, -0.1) is 0 Å². The predicted octanol–water partition coefficient (Wildman–Crippen LogP) is 6.75. The van der Waals surface area contributed by atoms with E-state index < -0.39 is 6.10 Å². The lowest BCUT2D eigenvalue weighted by Crippen LogP contribution is -2.34. The molecule has 162 valence electrons. The van der Waals surface area contributed by atoms with Gasteiger partial charge in [-0.05, 0) is 18.9 Å². The van der Waals surface area contributed by atoms with Crippen molar-refractivity contribution in [3.05, 3.63) is 12.3 Å². The van der Waals surface area contributed by atoms with Gasteiger partial charge in [-0.1, -0.05) is 104 Å². The average Bonchev–Trinajstić information content (AvgIpc) is 2.65. The van der Waals surface area contributed by atoms with Crippen molar-refractivity contribution in [3.63, 3.8) is 0 Å². The number of hydrogen-bond acceptors (Lipinski definition) is 3. The van der Waals surface area contributed by atoms with Crippen molar-refractivity contribution in [3.8, 4) is 0 Å². The van der Waals surface area contributed by atoms with E-state index in [0.29, 0.717) is 19.2 Å². The Bertz CT molecular complexity index is 305. The summed E-state index contributed by atoms with van der Waals surface area (Å²) in [6, 6.07) is 0.399. The molecule has 0 aliphatic carbocycles. The van der Waals surface area contributed by atoms with Crippen LogP contribution < -0.4 is 5.32 Å². The van der Waals surface area contributed by atoms with Gasteiger partial charge >= 0.3 is 0 Å². The number of aliphatic hydroxyl groups is 1. The fourth-order valence-electron chi connectivity index (χ4n) is 3.19. The first-order chi connectivity index (χ1) is 13.2. The van der Waals surface area contributed by atoms with Crippen LogP contribution in [0.5, 0.6) is 0 Å². The second-order valence-electron chi connectivity index (χ2n) is 8.31. The van der Waals surface area contributed by atoms with Crippen LogP contribution in [0.4, 0.5) is 0 Å². The molecule has 0 saturated carbocycles. The largest absolute Gasteiger partial charge is 0.499 e. The monoisotopic (exact) mass is 383 g/mol. The highest BCUT2D eigenvalue weighted by molar-refractivity contribution is 4.74. The molecule has 0 aliphatic heterocycles. The number of allylic oxidation sites excluding steroid dienone is 1. The number of hydrogen-bond donors (Lipinski definition) is 2. The van der Waals surface area contributed by atoms with Crippen molar-refractivity contribution in [2.75, 3.05) is 13.2 Å². The summed E-state index contributed by atoms with van der Waals surface area (Å²) in [4.78, 5) is 0. The van der Waals surface area contributed by atoms with Crippen molar-refractivity contribution < 1.29 is 9.84 Å². The summed E-state index contributed by atoms with van der Waals surface area (Å²) in [6.45, 7) is 7.39. The summed E-state index contributed by atoms with van der Waals surface area (Å²) in [5.74, 6) is 0. The van der Waals surface area contributed by atoms with E-state index >= 15 is 0 Å². The zero-order valence-corrected chi connectivity index (χ0v) is 18.7. The Morgan fingerprint density at radius 1 is 0.778 bits per heavy atom. The minimum atomic E-state index is -0.432. The van der Waals surface area contributed by atoms with E-state index in [4.69, 9.17) is 4.74 Å². The fraction of sp³-hybridized carbons (Fsp3) is 0.917. The van der Waals surface area contributed by atoms with Gasteiger partial charge < -0.3 is 15.2 Å². The second-order valence-corrected chi connectivity index (χ2v) is 8.31. The maximum Gasteiger partial charge on any atom is 0.114 e. The predicted molar refractivity (Wildman–Crippen MR) is 119 cm³/mol. The molecular weight excluding hydrogens is 334 g/mol. The lowest BCUT2D eigenvalue weighted by molar-refractivity contribution is 0.0820. The molecule has 0 aliphatic rings. The van der Waals surface area contributed by atoms with Crippen LogP contribution in [0.15, 0.2) is 12.3 Å². The molecule has 3 heteroatoms. The Labute approximate surface area is 170 Å². The second kappa shape index (κ2) is 21.8. The van der Waals surface area contributed by atoms with Gasteiger partial charge in [-0.3, -0.25) is 0 Å². The van der Waals surface area contributed by atoms with E-state index in [1.807, 2.05) is 0 Å². The Balaban J connectivity index is 3.16. The number of nitrogens with one attached hydrogen (secondary N) is 1. The maximum absolute atomic E-state index is 9.71. The highest BCUT2D eigenvalue weighted by atomic mass is 16.5. The van der Waals surface area contributed by atoms with Gasteiger partial charge in [0.05, 0.1) is 6.26 Å². The minimum Gasteiger partial charge on any atom is -0.499 e. The Morgan fingerprint density at radius 3 is 1.74 bits per heavy atom. The number of rotatable bonds is 21. The van der Waals surface area contributed by atoms with Gasteiger partial charge in [0.25, 0.3) is 0 Å². The van der Waals surface area contributed by atoms with Gasteiger partial charge in [-0.2, -0.15) is 0 Å². The lowest BCUT2D eigenvalue weighted by atomic mass is 10.0. The molecule has 0 aromatic carbocycles. The molecule has 0 heterocycles. The third-order valence-electron chi connectivity index (χ3n) is 4.97. The molecule has 0 spiro atoms. The van der Waals surface area contributed by atoms with Crippen molar-refractivity contribution in [1.29, 1.82) is 0 Å². The van der Waals surface area contributed by atoms with Crippen LogP contribution in [0.1, 0.15) is 117 Å². The van der Waals surface area contributed by atoms with Gasteiger partial charge in [0.2, 0.25) is 0 Å². The molecule has 0 amide bonds. The Hall–Kier alpha value is -0.540. The summed E-state index contributed by atoms with van der Waals surface area (Å²) >= 11 is 0. The van der Waals surface area contributed by atoms with Crippen LogP contribution in [0, 0.1) is 0 Å². The van der Waals surface area contributed by atoms with Gasteiger partial charge in [0.1, 0.15) is 12.7 Å². The molecule has 0 saturated heterocycles. The van der Waals surface area contributed by atoms with Gasteiger partial charge in [0, 0.05) is 12.6 Å². The summed E-state index contributed by atoms with van der Waals surface area (Å²) in [5.41, 5.74) is 0. The quantitative estimate of drug-likeness (QED) is 0.170. The fourth-order valence-corrected chi connectivity index (χ4v) is 3.19. The molecule has 1 unspecified atom stereocenters. The van der Waals surface area contributed by atoms with E-state index in [2.05, 4.69) is 32.2 Å². The van der Waals surface area contributed by atoms with E-state index in [-0.39, 0.29) is 0 Å². The lowest BCUT2D eigenvalue weighted by Gasteiger charge is -2.13. The summed E-state index contributed by atoms with van der Waals surface area (Å²) in [5, 5.41) is 12.9. The molecular formula is C24H49NO2. The molecule has 27 heavy (non-hydrogen) atoms. The molecule has 2 N–H and O–H groups in total. The number of ether oxygens (including phenoxy) is 1. The minimum absolute atomic E-state index is 0.370. The summed E-state index contributed by atoms with van der Waals surface area (Å²) in [6.07, 6.45) is 24.1. The van der Waals surface area contributed by atoms with E-state index in [1.54, 1.807) is 6.26 Å². The van der Waals surface area contributed by atoms with Crippen molar-refractivity contribution in [1.82, 2.24) is 5.32 Å². The van der Waals surface area contributed by atoms with Crippen molar-refractivity contribution in [2.45, 2.75) is 129 Å². The Morgan fingerprint density at radius 2 is 1.26 bits per heavy atom. The molecule has 0 aromatic heterocycles.